The van der Waals surface area contributed by atoms with Gasteiger partial charge in [-0.25, -0.2) is 9.59 Å². The second kappa shape index (κ2) is 3.81. The molecule has 1 aromatic carbocycles. The number of carbonyl (C=O) groups is 1. The lowest BCUT2D eigenvalue weighted by atomic mass is 10.2. The Morgan fingerprint density at radius 1 is 1.31 bits per heavy atom. The van der Waals surface area contributed by atoms with E-state index in [-0.39, 0.29) is 15.6 Å². The Morgan fingerprint density at radius 3 is 2.62 bits per heavy atom. The van der Waals surface area contributed by atoms with Gasteiger partial charge in [-0.15, -0.1) is 0 Å². The molecule has 0 fully saturated rings. The highest BCUT2D eigenvalue weighted by atomic mass is 35.5. The van der Waals surface area contributed by atoms with Gasteiger partial charge < -0.3 is 9.52 Å². The number of benzene rings is 1. The molecule has 4 nitrogen and oxygen atoms in total. The number of carboxylic acids is 1. The molecule has 0 aliphatic heterocycles. The molecule has 0 aliphatic rings. The van der Waals surface area contributed by atoms with E-state index in [1.165, 1.54) is 12.1 Å². The van der Waals surface area contributed by atoms with Gasteiger partial charge in [-0.3, -0.25) is 0 Å². The van der Waals surface area contributed by atoms with Crippen molar-refractivity contribution in [2.45, 2.75) is 0 Å². The summed E-state index contributed by atoms with van der Waals surface area (Å²) >= 11 is 11.6. The largest absolute Gasteiger partial charge is 0.477 e. The van der Waals surface area contributed by atoms with E-state index in [0.29, 0.717) is 5.39 Å². The normalized spacial score (nSPS) is 10.6. The number of halogens is 2. The number of rotatable bonds is 1. The highest BCUT2D eigenvalue weighted by Gasteiger charge is 2.14. The minimum Gasteiger partial charge on any atom is -0.477 e. The Bertz CT molecular complexity index is 645. The van der Waals surface area contributed by atoms with Gasteiger partial charge in [-0.05, 0) is 18.2 Å². The molecular formula is C10H4Cl2O4. The lowest BCUT2D eigenvalue weighted by molar-refractivity contribution is 0.0692. The van der Waals surface area contributed by atoms with Crippen molar-refractivity contribution in [3.05, 3.63) is 44.2 Å². The van der Waals surface area contributed by atoms with Crippen LogP contribution in [0.15, 0.2) is 27.4 Å². The minimum atomic E-state index is -1.37. The summed E-state index contributed by atoms with van der Waals surface area (Å²) in [5.74, 6) is -1.37. The van der Waals surface area contributed by atoms with Crippen molar-refractivity contribution in [1.29, 1.82) is 0 Å². The lowest BCUT2D eigenvalue weighted by Gasteiger charge is -2.01. The smallest absolute Gasteiger partial charge is 0.351 e. The highest BCUT2D eigenvalue weighted by molar-refractivity contribution is 6.45. The Morgan fingerprint density at radius 2 is 2.00 bits per heavy atom. The molecule has 2 aromatic rings. The lowest BCUT2D eigenvalue weighted by Crippen LogP contribution is -2.12. The molecule has 0 saturated carbocycles. The maximum atomic E-state index is 11.2. The fraction of sp³-hybridized carbons (Fsp3) is 0. The van der Waals surface area contributed by atoms with Crippen LogP contribution in [0.1, 0.15) is 10.4 Å². The Kier molecular flexibility index (Phi) is 2.61. The minimum absolute atomic E-state index is 0.158. The van der Waals surface area contributed by atoms with Crippen molar-refractivity contribution < 1.29 is 14.3 Å². The Labute approximate surface area is 99.0 Å². The Hall–Kier alpha value is -1.52. The first kappa shape index (κ1) is 11.0. The summed E-state index contributed by atoms with van der Waals surface area (Å²) in [4.78, 5) is 22.0. The molecule has 0 saturated heterocycles. The van der Waals surface area contributed by atoms with Crippen LogP contribution in [0.4, 0.5) is 0 Å². The second-order valence-electron chi connectivity index (χ2n) is 3.03. The quantitative estimate of drug-likeness (QED) is 0.799. The van der Waals surface area contributed by atoms with Gasteiger partial charge >= 0.3 is 11.6 Å². The zero-order valence-corrected chi connectivity index (χ0v) is 9.17. The summed E-state index contributed by atoms with van der Waals surface area (Å²) in [5.41, 5.74) is -1.19. The van der Waals surface area contributed by atoms with E-state index in [9.17, 15) is 9.59 Å². The van der Waals surface area contributed by atoms with Gasteiger partial charge in [0.05, 0.1) is 10.0 Å². The molecule has 6 heteroatoms. The summed E-state index contributed by atoms with van der Waals surface area (Å²) in [7, 11) is 0. The molecule has 0 amide bonds. The number of hydrogen-bond acceptors (Lipinski definition) is 3. The first-order valence-electron chi connectivity index (χ1n) is 4.16. The third kappa shape index (κ3) is 1.66. The molecule has 0 spiro atoms. The van der Waals surface area contributed by atoms with E-state index >= 15 is 0 Å². The standard InChI is InChI=1S/C10H4Cl2O4/c11-6-1-2-7-4(8(6)12)3-5(9(13)14)10(15)16-7/h1-3H,(H,13,14). The maximum Gasteiger partial charge on any atom is 0.351 e. The molecule has 2 rings (SSSR count). The molecule has 16 heavy (non-hydrogen) atoms. The summed E-state index contributed by atoms with van der Waals surface area (Å²) in [6.07, 6.45) is 0. The second-order valence-corrected chi connectivity index (χ2v) is 3.81. The number of aromatic carboxylic acids is 1. The van der Waals surface area contributed by atoms with Gasteiger partial charge in [0, 0.05) is 5.39 Å². The first-order chi connectivity index (χ1) is 7.50. The van der Waals surface area contributed by atoms with Crippen LogP contribution >= 0.6 is 23.2 Å². The monoisotopic (exact) mass is 258 g/mol. The molecule has 82 valence electrons. The molecule has 0 atom stereocenters. The van der Waals surface area contributed by atoms with Gasteiger partial charge in [0.25, 0.3) is 0 Å². The molecule has 1 aromatic heterocycles. The highest BCUT2D eigenvalue weighted by Crippen LogP contribution is 2.30. The van der Waals surface area contributed by atoms with Crippen LogP contribution in [0.3, 0.4) is 0 Å². The Balaban J connectivity index is 2.92. The first-order valence-corrected chi connectivity index (χ1v) is 4.91. The topological polar surface area (TPSA) is 67.5 Å². The van der Waals surface area contributed by atoms with E-state index in [2.05, 4.69) is 0 Å². The van der Waals surface area contributed by atoms with Crippen LogP contribution in [-0.4, -0.2) is 11.1 Å². The van der Waals surface area contributed by atoms with Crippen LogP contribution in [0.5, 0.6) is 0 Å². The summed E-state index contributed by atoms with van der Waals surface area (Å²) in [5, 5.41) is 9.47. The third-order valence-electron chi connectivity index (χ3n) is 2.03. The summed E-state index contributed by atoms with van der Waals surface area (Å²) in [6, 6.07) is 4.07. The molecule has 1 N–H and O–H groups in total. The van der Waals surface area contributed by atoms with Gasteiger partial charge in [0.1, 0.15) is 11.1 Å². The maximum absolute atomic E-state index is 11.2. The zero-order chi connectivity index (χ0) is 11.9. The summed E-state index contributed by atoms with van der Waals surface area (Å²) < 4.78 is 4.81. The predicted molar refractivity (Wildman–Crippen MR) is 59.5 cm³/mol. The molecule has 0 radical (unpaired) electrons. The third-order valence-corrected chi connectivity index (χ3v) is 2.85. The average Bonchev–Trinajstić information content (AvgIpc) is 2.23. The van der Waals surface area contributed by atoms with Crippen molar-refractivity contribution in [1.82, 2.24) is 0 Å². The summed E-state index contributed by atoms with van der Waals surface area (Å²) in [6.45, 7) is 0. The average molecular weight is 259 g/mol. The molecule has 0 aliphatic carbocycles. The van der Waals surface area contributed by atoms with Gasteiger partial charge in [-0.1, -0.05) is 23.2 Å². The van der Waals surface area contributed by atoms with E-state index in [0.717, 1.165) is 6.07 Å². The number of fused-ring (bicyclic) bond motifs is 1. The van der Waals surface area contributed by atoms with Gasteiger partial charge in [0.2, 0.25) is 0 Å². The van der Waals surface area contributed by atoms with Crippen LogP contribution in [0.25, 0.3) is 11.0 Å². The van der Waals surface area contributed by atoms with E-state index in [4.69, 9.17) is 32.7 Å². The molecule has 0 bridgehead atoms. The van der Waals surface area contributed by atoms with E-state index in [1.54, 1.807) is 0 Å². The molecule has 0 unspecified atom stereocenters. The van der Waals surface area contributed by atoms with Gasteiger partial charge in [-0.2, -0.15) is 0 Å². The fourth-order valence-corrected chi connectivity index (χ4v) is 1.65. The molecule has 1 heterocycles. The van der Waals surface area contributed by atoms with Crippen molar-refractivity contribution in [3.8, 4) is 0 Å². The van der Waals surface area contributed by atoms with Crippen LogP contribution < -0.4 is 5.63 Å². The van der Waals surface area contributed by atoms with Crippen molar-refractivity contribution in [2.75, 3.05) is 0 Å². The number of hydrogen-bond donors (Lipinski definition) is 1. The number of carboxylic acid groups (broad SMARTS) is 1. The molecular weight excluding hydrogens is 255 g/mol. The van der Waals surface area contributed by atoms with Crippen LogP contribution in [-0.2, 0) is 0 Å². The van der Waals surface area contributed by atoms with E-state index < -0.39 is 17.2 Å². The van der Waals surface area contributed by atoms with Gasteiger partial charge in [0.15, 0.2) is 0 Å². The van der Waals surface area contributed by atoms with Crippen LogP contribution in [0.2, 0.25) is 10.0 Å². The van der Waals surface area contributed by atoms with E-state index in [1.807, 2.05) is 0 Å². The zero-order valence-electron chi connectivity index (χ0n) is 7.66. The van der Waals surface area contributed by atoms with Crippen LogP contribution in [0, 0.1) is 0 Å². The van der Waals surface area contributed by atoms with Crippen molar-refractivity contribution in [2.24, 2.45) is 0 Å². The van der Waals surface area contributed by atoms with Crippen molar-refractivity contribution in [3.63, 3.8) is 0 Å². The fourth-order valence-electron chi connectivity index (χ4n) is 1.28. The SMILES string of the molecule is O=C(O)c1cc2c(Cl)c(Cl)ccc2oc1=O. The predicted octanol–water partition coefficient (Wildman–Crippen LogP) is 2.80. The van der Waals surface area contributed by atoms with Crippen molar-refractivity contribution >= 4 is 40.1 Å².